The van der Waals surface area contributed by atoms with Crippen LogP contribution in [0, 0.1) is 5.92 Å². The lowest BCUT2D eigenvalue weighted by atomic mass is 10.1. The van der Waals surface area contributed by atoms with Crippen molar-refractivity contribution in [2.24, 2.45) is 11.7 Å². The lowest BCUT2D eigenvalue weighted by Crippen LogP contribution is -2.28. The van der Waals surface area contributed by atoms with E-state index in [1.807, 2.05) is 0 Å². The van der Waals surface area contributed by atoms with Crippen LogP contribution in [-0.4, -0.2) is 18.5 Å². The molecule has 4 heteroatoms. The van der Waals surface area contributed by atoms with Crippen molar-refractivity contribution in [3.8, 4) is 0 Å². The number of nitrogens with one attached hydrogen (secondary N) is 1. The van der Waals surface area contributed by atoms with Gasteiger partial charge in [0, 0.05) is 12.6 Å². The van der Waals surface area contributed by atoms with E-state index in [-0.39, 0.29) is 5.91 Å². The Morgan fingerprint density at radius 3 is 3.07 bits per heavy atom. The van der Waals surface area contributed by atoms with Crippen LogP contribution in [0.5, 0.6) is 0 Å². The van der Waals surface area contributed by atoms with Gasteiger partial charge in [0.2, 0.25) is 0 Å². The van der Waals surface area contributed by atoms with E-state index in [1.165, 1.54) is 6.26 Å². The molecule has 0 spiro atoms. The molecule has 15 heavy (non-hydrogen) atoms. The van der Waals surface area contributed by atoms with Gasteiger partial charge in [0.1, 0.15) is 0 Å². The molecule has 1 heterocycles. The third-order valence-electron chi connectivity index (χ3n) is 2.88. The zero-order valence-electron chi connectivity index (χ0n) is 8.61. The summed E-state index contributed by atoms with van der Waals surface area (Å²) in [5.74, 6) is 0.761. The Morgan fingerprint density at radius 2 is 2.47 bits per heavy atom. The number of hydrogen-bond acceptors (Lipinski definition) is 3. The minimum absolute atomic E-state index is 0.138. The fraction of sp³-hybridized carbons (Fsp3) is 0.545. The van der Waals surface area contributed by atoms with Gasteiger partial charge in [0.25, 0.3) is 5.91 Å². The van der Waals surface area contributed by atoms with E-state index in [4.69, 9.17) is 10.2 Å². The van der Waals surface area contributed by atoms with Crippen LogP contribution in [0.3, 0.4) is 0 Å². The maximum absolute atomic E-state index is 11.5. The molecule has 1 aliphatic carbocycles. The maximum Gasteiger partial charge on any atom is 0.286 e. The number of hydrogen-bond donors (Lipinski definition) is 2. The molecule has 2 rings (SSSR count). The van der Waals surface area contributed by atoms with E-state index in [1.54, 1.807) is 12.1 Å². The van der Waals surface area contributed by atoms with Crippen molar-refractivity contribution in [1.29, 1.82) is 0 Å². The number of furan rings is 1. The van der Waals surface area contributed by atoms with Crippen molar-refractivity contribution >= 4 is 5.91 Å². The van der Waals surface area contributed by atoms with Crippen LogP contribution in [-0.2, 0) is 0 Å². The van der Waals surface area contributed by atoms with Crippen molar-refractivity contribution in [3.63, 3.8) is 0 Å². The highest BCUT2D eigenvalue weighted by atomic mass is 16.3. The summed E-state index contributed by atoms with van der Waals surface area (Å²) >= 11 is 0. The second kappa shape index (κ2) is 4.49. The van der Waals surface area contributed by atoms with Gasteiger partial charge in [-0.25, -0.2) is 0 Å². The van der Waals surface area contributed by atoms with Crippen LogP contribution in [0.2, 0.25) is 0 Å². The lowest BCUT2D eigenvalue weighted by molar-refractivity contribution is 0.0919. The first-order valence-corrected chi connectivity index (χ1v) is 5.33. The molecule has 2 atom stereocenters. The van der Waals surface area contributed by atoms with E-state index in [9.17, 15) is 4.79 Å². The SMILES string of the molecule is N[C@@H]1CC[C@H](CNC(=O)c2ccco2)C1. The molecule has 4 nitrogen and oxygen atoms in total. The topological polar surface area (TPSA) is 68.3 Å². The molecule has 3 N–H and O–H groups in total. The van der Waals surface area contributed by atoms with Crippen molar-refractivity contribution < 1.29 is 9.21 Å². The van der Waals surface area contributed by atoms with Crippen LogP contribution < -0.4 is 11.1 Å². The summed E-state index contributed by atoms with van der Waals surface area (Å²) in [6.45, 7) is 0.702. The summed E-state index contributed by atoms with van der Waals surface area (Å²) in [6, 6.07) is 3.69. The van der Waals surface area contributed by atoms with E-state index < -0.39 is 0 Å². The fourth-order valence-corrected chi connectivity index (χ4v) is 2.03. The molecular weight excluding hydrogens is 192 g/mol. The van der Waals surface area contributed by atoms with Crippen LogP contribution in [0.15, 0.2) is 22.8 Å². The first-order valence-electron chi connectivity index (χ1n) is 5.33. The summed E-state index contributed by atoms with van der Waals surface area (Å²) in [5, 5.41) is 2.86. The second-order valence-corrected chi connectivity index (χ2v) is 4.13. The molecule has 1 aromatic heterocycles. The van der Waals surface area contributed by atoms with Crippen molar-refractivity contribution in [2.45, 2.75) is 25.3 Å². The monoisotopic (exact) mass is 208 g/mol. The first kappa shape index (κ1) is 10.2. The van der Waals surface area contributed by atoms with Gasteiger partial charge in [-0.05, 0) is 37.3 Å². The molecule has 1 fully saturated rings. The van der Waals surface area contributed by atoms with Crippen LogP contribution >= 0.6 is 0 Å². The first-order chi connectivity index (χ1) is 7.25. The van der Waals surface area contributed by atoms with Crippen molar-refractivity contribution in [3.05, 3.63) is 24.2 Å². The Labute approximate surface area is 88.8 Å². The third-order valence-corrected chi connectivity index (χ3v) is 2.88. The smallest absolute Gasteiger partial charge is 0.286 e. The Kier molecular flexibility index (Phi) is 3.06. The zero-order chi connectivity index (χ0) is 10.7. The second-order valence-electron chi connectivity index (χ2n) is 4.13. The van der Waals surface area contributed by atoms with Crippen molar-refractivity contribution in [1.82, 2.24) is 5.32 Å². The molecule has 0 aromatic carbocycles. The predicted molar refractivity (Wildman–Crippen MR) is 56.4 cm³/mol. The summed E-state index contributed by atoms with van der Waals surface area (Å²) in [7, 11) is 0. The van der Waals surface area contributed by atoms with Gasteiger partial charge in [-0.1, -0.05) is 0 Å². The molecule has 1 amide bonds. The number of carbonyl (C=O) groups excluding carboxylic acids is 1. The standard InChI is InChI=1S/C11H16N2O2/c12-9-4-3-8(6-9)7-13-11(14)10-2-1-5-15-10/h1-2,5,8-9H,3-4,6-7,12H2,(H,13,14)/t8-,9+/m0/s1. The highest BCUT2D eigenvalue weighted by molar-refractivity contribution is 5.91. The fourth-order valence-electron chi connectivity index (χ4n) is 2.03. The predicted octanol–water partition coefficient (Wildman–Crippen LogP) is 1.14. The van der Waals surface area contributed by atoms with Crippen LogP contribution in [0.4, 0.5) is 0 Å². The van der Waals surface area contributed by atoms with Gasteiger partial charge in [0.05, 0.1) is 6.26 Å². The molecule has 82 valence electrons. The lowest BCUT2D eigenvalue weighted by Gasteiger charge is -2.09. The average molecular weight is 208 g/mol. The minimum Gasteiger partial charge on any atom is -0.459 e. The summed E-state index contributed by atoms with van der Waals surface area (Å²) < 4.78 is 4.99. The minimum atomic E-state index is -0.138. The maximum atomic E-state index is 11.5. The molecule has 0 radical (unpaired) electrons. The molecule has 1 aromatic rings. The van der Waals surface area contributed by atoms with E-state index in [0.717, 1.165) is 19.3 Å². The Bertz CT molecular complexity index is 321. The average Bonchev–Trinajstić information content (AvgIpc) is 2.84. The Hall–Kier alpha value is -1.29. The number of rotatable bonds is 3. The summed E-state index contributed by atoms with van der Waals surface area (Å²) in [4.78, 5) is 11.5. The van der Waals surface area contributed by atoms with Gasteiger partial charge in [-0.2, -0.15) is 0 Å². The summed E-state index contributed by atoms with van der Waals surface area (Å²) in [6.07, 6.45) is 4.69. The molecule has 0 unspecified atom stereocenters. The largest absolute Gasteiger partial charge is 0.459 e. The van der Waals surface area contributed by atoms with E-state index in [0.29, 0.717) is 24.3 Å². The number of nitrogens with two attached hydrogens (primary N) is 1. The number of carbonyl (C=O) groups is 1. The Balaban J connectivity index is 1.76. The zero-order valence-corrected chi connectivity index (χ0v) is 8.61. The quantitative estimate of drug-likeness (QED) is 0.782. The van der Waals surface area contributed by atoms with E-state index in [2.05, 4.69) is 5.32 Å². The van der Waals surface area contributed by atoms with Gasteiger partial charge >= 0.3 is 0 Å². The molecular formula is C11H16N2O2. The third kappa shape index (κ3) is 2.59. The molecule has 0 aliphatic heterocycles. The normalized spacial score (nSPS) is 25.4. The molecule has 1 saturated carbocycles. The van der Waals surface area contributed by atoms with Crippen LogP contribution in [0.25, 0.3) is 0 Å². The molecule has 0 bridgehead atoms. The highest BCUT2D eigenvalue weighted by Crippen LogP contribution is 2.23. The highest BCUT2D eigenvalue weighted by Gasteiger charge is 2.22. The molecule has 1 aliphatic rings. The van der Waals surface area contributed by atoms with Gasteiger partial charge in [0.15, 0.2) is 5.76 Å². The van der Waals surface area contributed by atoms with Gasteiger partial charge in [-0.3, -0.25) is 4.79 Å². The van der Waals surface area contributed by atoms with Gasteiger partial charge < -0.3 is 15.5 Å². The summed E-state index contributed by atoms with van der Waals surface area (Å²) in [5.41, 5.74) is 5.79. The number of amides is 1. The molecule has 0 saturated heterocycles. The van der Waals surface area contributed by atoms with Crippen LogP contribution in [0.1, 0.15) is 29.8 Å². The van der Waals surface area contributed by atoms with Crippen molar-refractivity contribution in [2.75, 3.05) is 6.54 Å². The Morgan fingerprint density at radius 1 is 1.60 bits per heavy atom. The van der Waals surface area contributed by atoms with Gasteiger partial charge in [-0.15, -0.1) is 0 Å². The van der Waals surface area contributed by atoms with E-state index >= 15 is 0 Å².